The molecular weight excluding hydrogens is 252 g/mol. The van der Waals surface area contributed by atoms with Gasteiger partial charge in [0, 0.05) is 42.1 Å². The Labute approximate surface area is 118 Å². The van der Waals surface area contributed by atoms with Crippen molar-refractivity contribution in [1.82, 2.24) is 10.2 Å². The minimum Gasteiger partial charge on any atom is -0.381 e. The van der Waals surface area contributed by atoms with E-state index in [4.69, 9.17) is 0 Å². The zero-order chi connectivity index (χ0) is 13.9. The Kier molecular flexibility index (Phi) is 3.41. The Hall–Kier alpha value is -2.30. The molecule has 0 spiro atoms. The van der Waals surface area contributed by atoms with Crippen LogP contribution in [0.25, 0.3) is 0 Å². The molecule has 2 N–H and O–H groups in total. The van der Waals surface area contributed by atoms with Gasteiger partial charge in [0.25, 0.3) is 0 Å². The largest absolute Gasteiger partial charge is 0.381 e. The van der Waals surface area contributed by atoms with Gasteiger partial charge in [-0.3, -0.25) is 9.89 Å². The molecule has 1 aliphatic heterocycles. The van der Waals surface area contributed by atoms with Gasteiger partial charge in [-0.1, -0.05) is 6.07 Å². The molecule has 2 aromatic rings. The summed E-state index contributed by atoms with van der Waals surface area (Å²) in [6, 6.07) is 8.00. The van der Waals surface area contributed by atoms with E-state index in [2.05, 4.69) is 15.5 Å². The van der Waals surface area contributed by atoms with Crippen molar-refractivity contribution < 1.29 is 4.79 Å². The number of amides is 1. The lowest BCUT2D eigenvalue weighted by Crippen LogP contribution is -2.23. The lowest BCUT2D eigenvalue weighted by molar-refractivity contribution is -0.117. The van der Waals surface area contributed by atoms with Gasteiger partial charge < -0.3 is 10.2 Å². The molecule has 5 nitrogen and oxygen atoms in total. The maximum absolute atomic E-state index is 11.8. The molecule has 0 atom stereocenters. The molecule has 1 aliphatic rings. The van der Waals surface area contributed by atoms with E-state index in [9.17, 15) is 4.79 Å². The van der Waals surface area contributed by atoms with Crippen LogP contribution in [0, 0.1) is 6.92 Å². The molecule has 0 aliphatic carbocycles. The normalized spacial score (nSPS) is 14.8. The van der Waals surface area contributed by atoms with Crippen molar-refractivity contribution in [2.75, 3.05) is 16.8 Å². The van der Waals surface area contributed by atoms with Crippen molar-refractivity contribution in [2.24, 2.45) is 0 Å². The summed E-state index contributed by atoms with van der Waals surface area (Å²) in [5.74, 6) is 0.216. The molecule has 0 saturated carbocycles. The molecule has 0 radical (unpaired) electrons. The first-order valence-corrected chi connectivity index (χ1v) is 6.87. The molecule has 0 bridgehead atoms. The Morgan fingerprint density at radius 1 is 1.45 bits per heavy atom. The number of aryl methyl sites for hydroxylation is 1. The van der Waals surface area contributed by atoms with Crippen LogP contribution in [0.1, 0.15) is 24.1 Å². The molecule has 5 heteroatoms. The smallest absolute Gasteiger partial charge is 0.227 e. The lowest BCUT2D eigenvalue weighted by Gasteiger charge is -2.17. The first-order chi connectivity index (χ1) is 9.74. The van der Waals surface area contributed by atoms with Crippen LogP contribution in [-0.4, -0.2) is 22.6 Å². The Bertz CT molecular complexity index is 620. The SMILES string of the molecule is Cc1[nH]ncc1CNc1cccc(N2CCCC2=O)c1. The maximum Gasteiger partial charge on any atom is 0.227 e. The van der Waals surface area contributed by atoms with Gasteiger partial charge in [-0.05, 0) is 31.5 Å². The van der Waals surface area contributed by atoms with Crippen molar-refractivity contribution in [3.63, 3.8) is 0 Å². The number of carbonyl (C=O) groups is 1. The summed E-state index contributed by atoms with van der Waals surface area (Å²) in [6.45, 7) is 3.55. The van der Waals surface area contributed by atoms with E-state index < -0.39 is 0 Å². The number of carbonyl (C=O) groups excluding carboxylic acids is 1. The number of rotatable bonds is 4. The summed E-state index contributed by atoms with van der Waals surface area (Å²) < 4.78 is 0. The number of hydrogen-bond donors (Lipinski definition) is 2. The van der Waals surface area contributed by atoms with E-state index in [0.717, 1.165) is 42.1 Å². The summed E-state index contributed by atoms with van der Waals surface area (Å²) in [6.07, 6.45) is 3.44. The highest BCUT2D eigenvalue weighted by atomic mass is 16.2. The number of aromatic amines is 1. The first kappa shape index (κ1) is 12.7. The summed E-state index contributed by atoms with van der Waals surface area (Å²) in [5.41, 5.74) is 4.21. The second-order valence-corrected chi connectivity index (χ2v) is 5.07. The van der Waals surface area contributed by atoms with Crippen molar-refractivity contribution in [2.45, 2.75) is 26.3 Å². The topological polar surface area (TPSA) is 61.0 Å². The zero-order valence-electron chi connectivity index (χ0n) is 11.5. The molecule has 1 fully saturated rings. The third kappa shape index (κ3) is 2.52. The van der Waals surface area contributed by atoms with Crippen LogP contribution in [0.3, 0.4) is 0 Å². The van der Waals surface area contributed by atoms with E-state index in [1.54, 1.807) is 0 Å². The van der Waals surface area contributed by atoms with Gasteiger partial charge in [0.2, 0.25) is 5.91 Å². The maximum atomic E-state index is 11.8. The number of nitrogens with zero attached hydrogens (tertiary/aromatic N) is 2. The molecule has 1 saturated heterocycles. The Morgan fingerprint density at radius 3 is 3.05 bits per heavy atom. The van der Waals surface area contributed by atoms with Crippen LogP contribution in [0.4, 0.5) is 11.4 Å². The second kappa shape index (κ2) is 5.36. The molecule has 1 aromatic carbocycles. The van der Waals surface area contributed by atoms with Crippen LogP contribution in [0.2, 0.25) is 0 Å². The van der Waals surface area contributed by atoms with E-state index in [1.807, 2.05) is 42.3 Å². The second-order valence-electron chi connectivity index (χ2n) is 5.07. The average molecular weight is 270 g/mol. The van der Waals surface area contributed by atoms with Crippen molar-refractivity contribution in [3.8, 4) is 0 Å². The van der Waals surface area contributed by atoms with E-state index in [-0.39, 0.29) is 5.91 Å². The number of H-pyrrole nitrogens is 1. The van der Waals surface area contributed by atoms with E-state index in [0.29, 0.717) is 6.42 Å². The summed E-state index contributed by atoms with van der Waals surface area (Å²) in [4.78, 5) is 13.6. The van der Waals surface area contributed by atoms with Gasteiger partial charge >= 0.3 is 0 Å². The fraction of sp³-hybridized carbons (Fsp3) is 0.333. The fourth-order valence-corrected chi connectivity index (χ4v) is 2.46. The van der Waals surface area contributed by atoms with Crippen LogP contribution < -0.4 is 10.2 Å². The lowest BCUT2D eigenvalue weighted by atomic mass is 10.2. The van der Waals surface area contributed by atoms with Gasteiger partial charge in [-0.2, -0.15) is 5.10 Å². The van der Waals surface area contributed by atoms with Gasteiger partial charge in [0.1, 0.15) is 0 Å². The Morgan fingerprint density at radius 2 is 2.35 bits per heavy atom. The van der Waals surface area contributed by atoms with Crippen LogP contribution in [0.15, 0.2) is 30.5 Å². The molecule has 1 amide bonds. The highest BCUT2D eigenvalue weighted by Crippen LogP contribution is 2.24. The van der Waals surface area contributed by atoms with Gasteiger partial charge in [0.05, 0.1) is 6.20 Å². The van der Waals surface area contributed by atoms with Gasteiger partial charge in [-0.25, -0.2) is 0 Å². The van der Waals surface area contributed by atoms with Crippen molar-refractivity contribution >= 4 is 17.3 Å². The van der Waals surface area contributed by atoms with Crippen molar-refractivity contribution in [3.05, 3.63) is 41.7 Å². The molecule has 1 aromatic heterocycles. The minimum atomic E-state index is 0.216. The third-order valence-electron chi connectivity index (χ3n) is 3.65. The molecule has 20 heavy (non-hydrogen) atoms. The molecule has 3 rings (SSSR count). The minimum absolute atomic E-state index is 0.216. The molecular formula is C15H18N4O. The summed E-state index contributed by atoms with van der Waals surface area (Å²) in [5, 5.41) is 10.3. The monoisotopic (exact) mass is 270 g/mol. The third-order valence-corrected chi connectivity index (χ3v) is 3.65. The first-order valence-electron chi connectivity index (χ1n) is 6.87. The number of hydrogen-bond acceptors (Lipinski definition) is 3. The Balaban J connectivity index is 1.71. The molecule has 104 valence electrons. The van der Waals surface area contributed by atoms with Crippen LogP contribution in [-0.2, 0) is 11.3 Å². The zero-order valence-corrected chi connectivity index (χ0v) is 11.5. The van der Waals surface area contributed by atoms with Crippen LogP contribution >= 0.6 is 0 Å². The predicted molar refractivity (Wildman–Crippen MR) is 78.7 cm³/mol. The number of nitrogens with one attached hydrogen (secondary N) is 2. The van der Waals surface area contributed by atoms with Gasteiger partial charge in [0.15, 0.2) is 0 Å². The standard InChI is InChI=1S/C15H18N4O/c1-11-12(10-17-18-11)9-16-13-4-2-5-14(8-13)19-7-3-6-15(19)20/h2,4-5,8,10,16H,3,6-7,9H2,1H3,(H,17,18). The summed E-state index contributed by atoms with van der Waals surface area (Å²) in [7, 11) is 0. The van der Waals surface area contributed by atoms with Gasteiger partial charge in [-0.15, -0.1) is 0 Å². The quantitative estimate of drug-likeness (QED) is 0.897. The summed E-state index contributed by atoms with van der Waals surface area (Å²) >= 11 is 0. The molecule has 2 heterocycles. The van der Waals surface area contributed by atoms with Crippen LogP contribution in [0.5, 0.6) is 0 Å². The van der Waals surface area contributed by atoms with E-state index >= 15 is 0 Å². The number of benzene rings is 1. The fourth-order valence-electron chi connectivity index (χ4n) is 2.46. The van der Waals surface area contributed by atoms with E-state index in [1.165, 1.54) is 0 Å². The number of aromatic nitrogens is 2. The molecule has 0 unspecified atom stereocenters. The number of anilines is 2. The predicted octanol–water partition coefficient (Wildman–Crippen LogP) is 2.46. The van der Waals surface area contributed by atoms with Crippen molar-refractivity contribution in [1.29, 1.82) is 0 Å². The highest BCUT2D eigenvalue weighted by Gasteiger charge is 2.21. The highest BCUT2D eigenvalue weighted by molar-refractivity contribution is 5.95. The average Bonchev–Trinajstić information content (AvgIpc) is 3.05.